The first-order valence-corrected chi connectivity index (χ1v) is 6.95. The van der Waals surface area contributed by atoms with Gasteiger partial charge in [-0.2, -0.15) is 5.10 Å². The summed E-state index contributed by atoms with van der Waals surface area (Å²) in [6, 6.07) is 0.0629. The Bertz CT molecular complexity index is 388. The van der Waals surface area contributed by atoms with Crippen LogP contribution in [0.1, 0.15) is 37.9 Å². The number of nitrogens with zero attached hydrogens (tertiary/aromatic N) is 2. The van der Waals surface area contributed by atoms with Crippen molar-refractivity contribution in [3.63, 3.8) is 0 Å². The lowest BCUT2D eigenvalue weighted by Crippen LogP contribution is -2.37. The summed E-state index contributed by atoms with van der Waals surface area (Å²) in [6.45, 7) is 4.61. The van der Waals surface area contributed by atoms with E-state index in [0.29, 0.717) is 5.92 Å². The SMILES string of the molecule is CCCn1ncc(OC)c1C(NN)C1CCOCC1. The van der Waals surface area contributed by atoms with E-state index >= 15 is 0 Å². The molecule has 0 saturated carbocycles. The van der Waals surface area contributed by atoms with Crippen LogP contribution in [0.15, 0.2) is 6.20 Å². The van der Waals surface area contributed by atoms with Gasteiger partial charge in [0.2, 0.25) is 0 Å². The molecule has 6 heteroatoms. The van der Waals surface area contributed by atoms with Crippen LogP contribution < -0.4 is 16.0 Å². The van der Waals surface area contributed by atoms with Crippen LogP contribution in [0, 0.1) is 5.92 Å². The van der Waals surface area contributed by atoms with Crippen LogP contribution in [0.2, 0.25) is 0 Å². The fourth-order valence-corrected chi connectivity index (χ4v) is 2.73. The van der Waals surface area contributed by atoms with Gasteiger partial charge in [0.05, 0.1) is 25.0 Å². The molecule has 2 rings (SSSR count). The molecule has 6 nitrogen and oxygen atoms in total. The molecule has 0 amide bonds. The standard InChI is InChI=1S/C13H24N4O2/c1-3-6-17-13(11(18-2)9-15-17)12(16-14)10-4-7-19-8-5-10/h9-10,12,16H,3-8,14H2,1-2H3. The largest absolute Gasteiger partial charge is 0.493 e. The lowest BCUT2D eigenvalue weighted by molar-refractivity contribution is 0.0520. The smallest absolute Gasteiger partial charge is 0.161 e. The molecule has 2 heterocycles. The van der Waals surface area contributed by atoms with Gasteiger partial charge in [-0.05, 0) is 25.2 Å². The molecular formula is C13H24N4O2. The molecule has 0 bridgehead atoms. The van der Waals surface area contributed by atoms with Gasteiger partial charge in [0.25, 0.3) is 0 Å². The Labute approximate surface area is 114 Å². The Morgan fingerprint density at radius 2 is 2.32 bits per heavy atom. The second kappa shape index (κ2) is 6.88. The molecule has 1 aromatic rings. The van der Waals surface area contributed by atoms with Gasteiger partial charge in [0.1, 0.15) is 0 Å². The quantitative estimate of drug-likeness (QED) is 0.599. The van der Waals surface area contributed by atoms with E-state index in [0.717, 1.165) is 50.5 Å². The fourth-order valence-electron chi connectivity index (χ4n) is 2.73. The number of nitrogens with one attached hydrogen (secondary N) is 1. The van der Waals surface area contributed by atoms with E-state index in [4.69, 9.17) is 15.3 Å². The molecule has 108 valence electrons. The topological polar surface area (TPSA) is 74.3 Å². The second-order valence-corrected chi connectivity index (χ2v) is 4.92. The lowest BCUT2D eigenvalue weighted by atomic mass is 9.89. The van der Waals surface area contributed by atoms with Crippen LogP contribution in [0.25, 0.3) is 0 Å². The monoisotopic (exact) mass is 268 g/mol. The van der Waals surface area contributed by atoms with Gasteiger partial charge in [-0.25, -0.2) is 0 Å². The minimum Gasteiger partial charge on any atom is -0.493 e. The number of ether oxygens (including phenoxy) is 2. The predicted octanol–water partition coefficient (Wildman–Crippen LogP) is 1.23. The second-order valence-electron chi connectivity index (χ2n) is 4.92. The van der Waals surface area contributed by atoms with Crippen molar-refractivity contribution in [3.8, 4) is 5.75 Å². The van der Waals surface area contributed by atoms with Gasteiger partial charge in [0.15, 0.2) is 5.75 Å². The first kappa shape index (κ1) is 14.3. The van der Waals surface area contributed by atoms with E-state index < -0.39 is 0 Å². The molecular weight excluding hydrogens is 244 g/mol. The number of hydrogen-bond donors (Lipinski definition) is 2. The van der Waals surface area contributed by atoms with E-state index in [1.165, 1.54) is 0 Å². The Balaban J connectivity index is 2.26. The zero-order valence-electron chi connectivity index (χ0n) is 11.8. The highest BCUT2D eigenvalue weighted by Crippen LogP contribution is 2.34. The normalized spacial score (nSPS) is 18.5. The average molecular weight is 268 g/mol. The number of nitrogens with two attached hydrogens (primary N) is 1. The Morgan fingerprint density at radius 1 is 1.58 bits per heavy atom. The highest BCUT2D eigenvalue weighted by atomic mass is 16.5. The van der Waals surface area contributed by atoms with Gasteiger partial charge in [-0.15, -0.1) is 0 Å². The maximum absolute atomic E-state index is 5.80. The zero-order valence-corrected chi connectivity index (χ0v) is 11.8. The molecule has 3 N–H and O–H groups in total. The average Bonchev–Trinajstić information content (AvgIpc) is 2.85. The first-order valence-electron chi connectivity index (χ1n) is 6.95. The Morgan fingerprint density at radius 3 is 2.89 bits per heavy atom. The molecule has 0 radical (unpaired) electrons. The molecule has 1 aliphatic heterocycles. The summed E-state index contributed by atoms with van der Waals surface area (Å²) in [7, 11) is 1.67. The molecule has 0 spiro atoms. The Kier molecular flexibility index (Phi) is 5.18. The highest BCUT2D eigenvalue weighted by Gasteiger charge is 2.30. The van der Waals surface area contributed by atoms with Crippen LogP contribution in [0.3, 0.4) is 0 Å². The van der Waals surface area contributed by atoms with E-state index in [9.17, 15) is 0 Å². The fraction of sp³-hybridized carbons (Fsp3) is 0.769. The molecule has 1 unspecified atom stereocenters. The predicted molar refractivity (Wildman–Crippen MR) is 72.7 cm³/mol. The summed E-state index contributed by atoms with van der Waals surface area (Å²) < 4.78 is 12.9. The van der Waals surface area contributed by atoms with E-state index in [-0.39, 0.29) is 6.04 Å². The Hall–Kier alpha value is -1.11. The van der Waals surface area contributed by atoms with E-state index in [2.05, 4.69) is 17.4 Å². The molecule has 1 atom stereocenters. The van der Waals surface area contributed by atoms with E-state index in [1.54, 1.807) is 13.3 Å². The lowest BCUT2D eigenvalue weighted by Gasteiger charge is -2.30. The van der Waals surface area contributed by atoms with Crippen molar-refractivity contribution in [3.05, 3.63) is 11.9 Å². The molecule has 1 saturated heterocycles. The van der Waals surface area contributed by atoms with Crippen molar-refractivity contribution in [2.75, 3.05) is 20.3 Å². The van der Waals surface area contributed by atoms with Crippen LogP contribution in [-0.2, 0) is 11.3 Å². The molecule has 1 fully saturated rings. The van der Waals surface area contributed by atoms with Crippen LogP contribution in [0.4, 0.5) is 0 Å². The van der Waals surface area contributed by atoms with Crippen LogP contribution in [-0.4, -0.2) is 30.1 Å². The summed E-state index contributed by atoms with van der Waals surface area (Å²) in [5.41, 5.74) is 4.01. The minimum atomic E-state index is 0.0629. The number of rotatable bonds is 6. The van der Waals surface area contributed by atoms with Crippen molar-refractivity contribution in [2.24, 2.45) is 11.8 Å². The van der Waals surface area contributed by atoms with Crippen molar-refractivity contribution < 1.29 is 9.47 Å². The van der Waals surface area contributed by atoms with Crippen molar-refractivity contribution in [1.29, 1.82) is 0 Å². The minimum absolute atomic E-state index is 0.0629. The van der Waals surface area contributed by atoms with Crippen molar-refractivity contribution in [1.82, 2.24) is 15.2 Å². The maximum atomic E-state index is 5.80. The number of aromatic nitrogens is 2. The molecule has 19 heavy (non-hydrogen) atoms. The van der Waals surface area contributed by atoms with Crippen LogP contribution in [0.5, 0.6) is 5.75 Å². The van der Waals surface area contributed by atoms with Gasteiger partial charge in [-0.1, -0.05) is 6.92 Å². The van der Waals surface area contributed by atoms with Crippen molar-refractivity contribution in [2.45, 2.75) is 38.8 Å². The number of methoxy groups -OCH3 is 1. The molecule has 1 aliphatic rings. The number of hydrazine groups is 1. The number of aryl methyl sites for hydroxylation is 1. The third-order valence-corrected chi connectivity index (χ3v) is 3.71. The summed E-state index contributed by atoms with van der Waals surface area (Å²) in [4.78, 5) is 0. The summed E-state index contributed by atoms with van der Waals surface area (Å²) in [6.07, 6.45) is 4.82. The summed E-state index contributed by atoms with van der Waals surface area (Å²) >= 11 is 0. The summed E-state index contributed by atoms with van der Waals surface area (Å²) in [5, 5.41) is 4.41. The summed E-state index contributed by atoms with van der Waals surface area (Å²) in [5.74, 6) is 7.06. The maximum Gasteiger partial charge on any atom is 0.161 e. The molecule has 0 aliphatic carbocycles. The first-order chi connectivity index (χ1) is 9.31. The van der Waals surface area contributed by atoms with Gasteiger partial charge in [-0.3, -0.25) is 16.0 Å². The number of hydrogen-bond acceptors (Lipinski definition) is 5. The van der Waals surface area contributed by atoms with Crippen LogP contribution >= 0.6 is 0 Å². The zero-order chi connectivity index (χ0) is 13.7. The highest BCUT2D eigenvalue weighted by molar-refractivity contribution is 5.29. The van der Waals surface area contributed by atoms with Crippen molar-refractivity contribution >= 4 is 0 Å². The van der Waals surface area contributed by atoms with E-state index in [1.807, 2.05) is 4.68 Å². The van der Waals surface area contributed by atoms with Gasteiger partial charge >= 0.3 is 0 Å². The van der Waals surface area contributed by atoms with Gasteiger partial charge in [0, 0.05) is 19.8 Å². The third-order valence-electron chi connectivity index (χ3n) is 3.71. The molecule has 0 aromatic carbocycles. The van der Waals surface area contributed by atoms with Gasteiger partial charge < -0.3 is 9.47 Å². The third kappa shape index (κ3) is 3.08. The molecule has 1 aromatic heterocycles.